The highest BCUT2D eigenvalue weighted by Crippen LogP contribution is 2.19. The molecule has 0 amide bonds. The molecule has 0 radical (unpaired) electrons. The lowest BCUT2D eigenvalue weighted by molar-refractivity contribution is 0.128. The number of nitrogens with zero attached hydrogens (tertiary/aromatic N) is 1. The van der Waals surface area contributed by atoms with Crippen LogP contribution in [0.2, 0.25) is 0 Å². The predicted molar refractivity (Wildman–Crippen MR) is 68.2 cm³/mol. The second kappa shape index (κ2) is 6.39. The van der Waals surface area contributed by atoms with Crippen molar-refractivity contribution in [2.24, 2.45) is 11.7 Å². The van der Waals surface area contributed by atoms with E-state index in [0.717, 1.165) is 12.0 Å². The van der Waals surface area contributed by atoms with E-state index in [1.165, 1.54) is 0 Å². The summed E-state index contributed by atoms with van der Waals surface area (Å²) in [5, 5.41) is 18.6. The standard InChI is InChI=1S/C14H20N2O/c1-10(2)3-8-13(17)14(16)12-6-4-11(9-15)5-7-12/h4-7,10,13-14,17H,3,8,16H2,1-2H3/t13-,14+/m0/s1. The van der Waals surface area contributed by atoms with Gasteiger partial charge in [-0.3, -0.25) is 0 Å². The van der Waals surface area contributed by atoms with Gasteiger partial charge in [-0.2, -0.15) is 5.26 Å². The van der Waals surface area contributed by atoms with Gasteiger partial charge >= 0.3 is 0 Å². The lowest BCUT2D eigenvalue weighted by Gasteiger charge is -2.20. The number of nitrogens with two attached hydrogens (primary N) is 1. The van der Waals surface area contributed by atoms with Crippen molar-refractivity contribution in [2.75, 3.05) is 0 Å². The molecule has 0 heterocycles. The van der Waals surface area contributed by atoms with Gasteiger partial charge in [0.15, 0.2) is 0 Å². The molecule has 0 saturated carbocycles. The third kappa shape index (κ3) is 4.18. The molecule has 1 aromatic rings. The fourth-order valence-electron chi connectivity index (χ4n) is 1.69. The molecule has 0 aromatic heterocycles. The second-order valence-corrected chi connectivity index (χ2v) is 4.80. The summed E-state index contributed by atoms with van der Waals surface area (Å²) in [6, 6.07) is 8.75. The first kappa shape index (κ1) is 13.7. The van der Waals surface area contributed by atoms with E-state index >= 15 is 0 Å². The number of hydrogen-bond donors (Lipinski definition) is 2. The van der Waals surface area contributed by atoms with Crippen molar-refractivity contribution in [3.8, 4) is 6.07 Å². The summed E-state index contributed by atoms with van der Waals surface area (Å²) >= 11 is 0. The molecule has 17 heavy (non-hydrogen) atoms. The summed E-state index contributed by atoms with van der Waals surface area (Å²) in [5.74, 6) is 0.567. The maximum atomic E-state index is 9.96. The quantitative estimate of drug-likeness (QED) is 0.818. The van der Waals surface area contributed by atoms with Gasteiger partial charge in [0.05, 0.1) is 23.8 Å². The fourth-order valence-corrected chi connectivity index (χ4v) is 1.69. The molecule has 2 atom stereocenters. The molecule has 3 N–H and O–H groups in total. The number of aliphatic hydroxyl groups is 1. The lowest BCUT2D eigenvalue weighted by atomic mass is 9.95. The summed E-state index contributed by atoms with van der Waals surface area (Å²) in [6.45, 7) is 4.25. The highest BCUT2D eigenvalue weighted by molar-refractivity contribution is 5.33. The summed E-state index contributed by atoms with van der Waals surface area (Å²) in [5.41, 5.74) is 7.47. The Morgan fingerprint density at radius 1 is 1.24 bits per heavy atom. The molecular formula is C14H20N2O. The molecule has 1 aromatic carbocycles. The number of benzene rings is 1. The third-order valence-corrected chi connectivity index (χ3v) is 2.88. The average molecular weight is 232 g/mol. The minimum Gasteiger partial charge on any atom is -0.391 e. The van der Waals surface area contributed by atoms with Crippen LogP contribution in [-0.2, 0) is 0 Å². The van der Waals surface area contributed by atoms with Gasteiger partial charge in [0.25, 0.3) is 0 Å². The zero-order chi connectivity index (χ0) is 12.8. The first-order valence-electron chi connectivity index (χ1n) is 5.98. The van der Waals surface area contributed by atoms with E-state index in [9.17, 15) is 5.11 Å². The van der Waals surface area contributed by atoms with Gasteiger partial charge in [-0.15, -0.1) is 0 Å². The van der Waals surface area contributed by atoms with Crippen molar-refractivity contribution in [1.29, 1.82) is 5.26 Å². The molecule has 0 fully saturated rings. The average Bonchev–Trinajstić information content (AvgIpc) is 2.35. The van der Waals surface area contributed by atoms with Crippen LogP contribution in [-0.4, -0.2) is 11.2 Å². The van der Waals surface area contributed by atoms with Crippen molar-refractivity contribution in [3.05, 3.63) is 35.4 Å². The van der Waals surface area contributed by atoms with Crippen LogP contribution in [0.1, 0.15) is 43.9 Å². The second-order valence-electron chi connectivity index (χ2n) is 4.80. The molecule has 1 rings (SSSR count). The van der Waals surface area contributed by atoms with E-state index in [4.69, 9.17) is 11.0 Å². The monoisotopic (exact) mass is 232 g/mol. The van der Waals surface area contributed by atoms with Gasteiger partial charge in [-0.25, -0.2) is 0 Å². The van der Waals surface area contributed by atoms with Gasteiger partial charge in [0.1, 0.15) is 0 Å². The van der Waals surface area contributed by atoms with Crippen LogP contribution in [0.25, 0.3) is 0 Å². The fraction of sp³-hybridized carbons (Fsp3) is 0.500. The summed E-state index contributed by atoms with van der Waals surface area (Å²) in [7, 11) is 0. The van der Waals surface area contributed by atoms with E-state index in [1.54, 1.807) is 12.1 Å². The Labute approximate surface area is 103 Å². The van der Waals surface area contributed by atoms with Crippen LogP contribution in [0.5, 0.6) is 0 Å². The zero-order valence-corrected chi connectivity index (χ0v) is 10.4. The van der Waals surface area contributed by atoms with Crippen LogP contribution >= 0.6 is 0 Å². The molecule has 0 saturated heterocycles. The normalized spacial score (nSPS) is 14.4. The first-order chi connectivity index (χ1) is 8.04. The Morgan fingerprint density at radius 3 is 2.29 bits per heavy atom. The Balaban J connectivity index is 2.61. The van der Waals surface area contributed by atoms with Gasteiger partial charge in [-0.05, 0) is 36.5 Å². The molecule has 0 aliphatic rings. The number of aliphatic hydroxyl groups excluding tert-OH is 1. The Kier molecular flexibility index (Phi) is 5.14. The van der Waals surface area contributed by atoms with Gasteiger partial charge in [0, 0.05) is 0 Å². The van der Waals surface area contributed by atoms with E-state index < -0.39 is 6.10 Å². The molecule has 3 heteroatoms. The number of hydrogen-bond acceptors (Lipinski definition) is 3. The van der Waals surface area contributed by atoms with Crippen LogP contribution in [0.4, 0.5) is 0 Å². The SMILES string of the molecule is CC(C)CC[C@H](O)[C@H](N)c1ccc(C#N)cc1. The maximum Gasteiger partial charge on any atom is 0.0991 e. The highest BCUT2D eigenvalue weighted by Gasteiger charge is 2.16. The van der Waals surface area contributed by atoms with Crippen molar-refractivity contribution < 1.29 is 5.11 Å². The van der Waals surface area contributed by atoms with Gasteiger partial charge in [0.2, 0.25) is 0 Å². The number of rotatable bonds is 5. The van der Waals surface area contributed by atoms with Crippen molar-refractivity contribution in [3.63, 3.8) is 0 Å². The van der Waals surface area contributed by atoms with Crippen LogP contribution in [0.15, 0.2) is 24.3 Å². The minimum absolute atomic E-state index is 0.374. The minimum atomic E-state index is -0.523. The topological polar surface area (TPSA) is 70.0 Å². The summed E-state index contributed by atoms with van der Waals surface area (Å²) in [6.07, 6.45) is 1.15. The Morgan fingerprint density at radius 2 is 1.82 bits per heavy atom. The summed E-state index contributed by atoms with van der Waals surface area (Å²) in [4.78, 5) is 0. The third-order valence-electron chi connectivity index (χ3n) is 2.88. The highest BCUT2D eigenvalue weighted by atomic mass is 16.3. The molecule has 0 spiro atoms. The Hall–Kier alpha value is -1.37. The lowest BCUT2D eigenvalue weighted by Crippen LogP contribution is -2.26. The summed E-state index contributed by atoms with van der Waals surface area (Å²) < 4.78 is 0. The van der Waals surface area contributed by atoms with Crippen molar-refractivity contribution >= 4 is 0 Å². The largest absolute Gasteiger partial charge is 0.391 e. The molecule has 92 valence electrons. The van der Waals surface area contributed by atoms with E-state index in [2.05, 4.69) is 19.9 Å². The molecule has 0 aliphatic carbocycles. The van der Waals surface area contributed by atoms with E-state index in [0.29, 0.717) is 17.9 Å². The van der Waals surface area contributed by atoms with Crippen LogP contribution in [0.3, 0.4) is 0 Å². The maximum absolute atomic E-state index is 9.96. The smallest absolute Gasteiger partial charge is 0.0991 e. The Bertz CT molecular complexity index is 378. The molecule has 0 unspecified atom stereocenters. The zero-order valence-electron chi connectivity index (χ0n) is 10.4. The van der Waals surface area contributed by atoms with Crippen LogP contribution in [0, 0.1) is 17.2 Å². The first-order valence-corrected chi connectivity index (χ1v) is 5.98. The van der Waals surface area contributed by atoms with Crippen LogP contribution < -0.4 is 5.73 Å². The molecular weight excluding hydrogens is 212 g/mol. The van der Waals surface area contributed by atoms with Gasteiger partial charge in [-0.1, -0.05) is 26.0 Å². The van der Waals surface area contributed by atoms with E-state index in [1.807, 2.05) is 12.1 Å². The van der Waals surface area contributed by atoms with Crippen molar-refractivity contribution in [1.82, 2.24) is 0 Å². The van der Waals surface area contributed by atoms with Gasteiger partial charge < -0.3 is 10.8 Å². The molecule has 0 aliphatic heterocycles. The van der Waals surface area contributed by atoms with Crippen molar-refractivity contribution in [2.45, 2.75) is 38.8 Å². The molecule has 0 bridgehead atoms. The predicted octanol–water partition coefficient (Wildman–Crippen LogP) is 2.36. The van der Waals surface area contributed by atoms with E-state index in [-0.39, 0.29) is 6.04 Å². The molecule has 3 nitrogen and oxygen atoms in total. The number of nitriles is 1.